The SMILES string of the molecule is CCC1(CNCC(C)C(C)C)CCNC1. The Hall–Kier alpha value is -0.0800. The lowest BCUT2D eigenvalue weighted by atomic mass is 9.84. The van der Waals surface area contributed by atoms with Crippen LogP contribution in [0.2, 0.25) is 0 Å². The van der Waals surface area contributed by atoms with Crippen LogP contribution in [0.1, 0.15) is 40.5 Å². The van der Waals surface area contributed by atoms with Gasteiger partial charge in [0.1, 0.15) is 0 Å². The fourth-order valence-corrected chi connectivity index (χ4v) is 2.17. The highest BCUT2D eigenvalue weighted by molar-refractivity contribution is 4.88. The summed E-state index contributed by atoms with van der Waals surface area (Å²) in [5.74, 6) is 1.57. The Balaban J connectivity index is 2.23. The van der Waals surface area contributed by atoms with Crippen LogP contribution >= 0.6 is 0 Å². The molecular weight excluding hydrogens is 184 g/mol. The standard InChI is InChI=1S/C13H28N2/c1-5-13(6-7-14-9-13)10-15-8-12(4)11(2)3/h11-12,14-15H,5-10H2,1-4H3. The summed E-state index contributed by atoms with van der Waals surface area (Å²) < 4.78 is 0. The Labute approximate surface area is 95.2 Å². The summed E-state index contributed by atoms with van der Waals surface area (Å²) in [5, 5.41) is 7.15. The molecule has 2 unspecified atom stereocenters. The second-order valence-electron chi connectivity index (χ2n) is 5.63. The maximum atomic E-state index is 3.66. The van der Waals surface area contributed by atoms with Gasteiger partial charge in [-0.15, -0.1) is 0 Å². The summed E-state index contributed by atoms with van der Waals surface area (Å²) in [6.07, 6.45) is 2.63. The van der Waals surface area contributed by atoms with E-state index in [2.05, 4.69) is 38.3 Å². The van der Waals surface area contributed by atoms with Gasteiger partial charge in [0.25, 0.3) is 0 Å². The molecule has 0 spiro atoms. The maximum absolute atomic E-state index is 3.66. The van der Waals surface area contributed by atoms with Crippen LogP contribution in [0.15, 0.2) is 0 Å². The van der Waals surface area contributed by atoms with Crippen LogP contribution in [-0.2, 0) is 0 Å². The molecule has 0 aromatic rings. The Bertz CT molecular complexity index is 171. The molecule has 0 aromatic carbocycles. The molecule has 0 amide bonds. The van der Waals surface area contributed by atoms with Crippen molar-refractivity contribution in [3.8, 4) is 0 Å². The van der Waals surface area contributed by atoms with Gasteiger partial charge in [0.2, 0.25) is 0 Å². The second-order valence-corrected chi connectivity index (χ2v) is 5.63. The van der Waals surface area contributed by atoms with Gasteiger partial charge in [-0.2, -0.15) is 0 Å². The minimum Gasteiger partial charge on any atom is -0.316 e. The number of rotatable bonds is 6. The molecule has 1 aliphatic heterocycles. The number of nitrogens with one attached hydrogen (secondary N) is 2. The zero-order valence-electron chi connectivity index (χ0n) is 10.9. The first-order valence-corrected chi connectivity index (χ1v) is 6.51. The van der Waals surface area contributed by atoms with Crippen LogP contribution in [0.5, 0.6) is 0 Å². The molecule has 2 nitrogen and oxygen atoms in total. The fourth-order valence-electron chi connectivity index (χ4n) is 2.17. The van der Waals surface area contributed by atoms with Crippen molar-refractivity contribution in [3.63, 3.8) is 0 Å². The van der Waals surface area contributed by atoms with Crippen molar-refractivity contribution in [1.29, 1.82) is 0 Å². The molecule has 1 rings (SSSR count). The molecule has 2 atom stereocenters. The van der Waals surface area contributed by atoms with Gasteiger partial charge in [-0.1, -0.05) is 27.7 Å². The average Bonchev–Trinajstić information content (AvgIpc) is 2.67. The van der Waals surface area contributed by atoms with E-state index in [1.54, 1.807) is 0 Å². The van der Waals surface area contributed by atoms with E-state index >= 15 is 0 Å². The summed E-state index contributed by atoms with van der Waals surface area (Å²) >= 11 is 0. The van der Waals surface area contributed by atoms with Crippen molar-refractivity contribution in [3.05, 3.63) is 0 Å². The van der Waals surface area contributed by atoms with E-state index in [9.17, 15) is 0 Å². The van der Waals surface area contributed by atoms with Crippen molar-refractivity contribution in [2.75, 3.05) is 26.2 Å². The topological polar surface area (TPSA) is 24.1 Å². The Morgan fingerprint density at radius 1 is 1.33 bits per heavy atom. The predicted molar refractivity (Wildman–Crippen MR) is 67.1 cm³/mol. The van der Waals surface area contributed by atoms with E-state index in [1.165, 1.54) is 39.0 Å². The highest BCUT2D eigenvalue weighted by atomic mass is 15.0. The predicted octanol–water partition coefficient (Wildman–Crippen LogP) is 2.26. The Morgan fingerprint density at radius 3 is 2.53 bits per heavy atom. The van der Waals surface area contributed by atoms with Crippen LogP contribution in [0.3, 0.4) is 0 Å². The summed E-state index contributed by atoms with van der Waals surface area (Å²) in [4.78, 5) is 0. The lowest BCUT2D eigenvalue weighted by molar-refractivity contribution is 0.275. The van der Waals surface area contributed by atoms with Gasteiger partial charge in [0, 0.05) is 13.1 Å². The molecule has 1 fully saturated rings. The van der Waals surface area contributed by atoms with Crippen LogP contribution in [0.4, 0.5) is 0 Å². The minimum absolute atomic E-state index is 0.538. The first kappa shape index (κ1) is 13.0. The quantitative estimate of drug-likeness (QED) is 0.706. The van der Waals surface area contributed by atoms with Crippen LogP contribution < -0.4 is 10.6 Å². The summed E-state index contributed by atoms with van der Waals surface area (Å²) in [6, 6.07) is 0. The average molecular weight is 212 g/mol. The number of hydrogen-bond acceptors (Lipinski definition) is 2. The third-order valence-corrected chi connectivity index (χ3v) is 4.19. The van der Waals surface area contributed by atoms with E-state index in [1.807, 2.05) is 0 Å². The smallest absolute Gasteiger partial charge is 0.00205 e. The fraction of sp³-hybridized carbons (Fsp3) is 1.00. The van der Waals surface area contributed by atoms with Crippen molar-refractivity contribution in [2.45, 2.75) is 40.5 Å². The molecule has 0 aliphatic carbocycles. The molecule has 0 aromatic heterocycles. The molecule has 0 saturated carbocycles. The second kappa shape index (κ2) is 5.86. The highest BCUT2D eigenvalue weighted by Crippen LogP contribution is 2.28. The van der Waals surface area contributed by atoms with E-state index < -0.39 is 0 Å². The summed E-state index contributed by atoms with van der Waals surface area (Å²) in [5.41, 5.74) is 0.538. The van der Waals surface area contributed by atoms with E-state index in [4.69, 9.17) is 0 Å². The molecule has 1 heterocycles. The monoisotopic (exact) mass is 212 g/mol. The lowest BCUT2D eigenvalue weighted by Gasteiger charge is -2.28. The van der Waals surface area contributed by atoms with Gasteiger partial charge in [-0.05, 0) is 43.2 Å². The van der Waals surface area contributed by atoms with Crippen molar-refractivity contribution in [2.24, 2.45) is 17.3 Å². The summed E-state index contributed by atoms with van der Waals surface area (Å²) in [6.45, 7) is 14.0. The normalized spacial score (nSPS) is 28.6. The molecule has 0 radical (unpaired) electrons. The van der Waals surface area contributed by atoms with E-state index in [0.717, 1.165) is 11.8 Å². The third kappa shape index (κ3) is 3.76. The van der Waals surface area contributed by atoms with Gasteiger partial charge >= 0.3 is 0 Å². The van der Waals surface area contributed by atoms with Crippen LogP contribution in [0.25, 0.3) is 0 Å². The van der Waals surface area contributed by atoms with Crippen molar-refractivity contribution >= 4 is 0 Å². The zero-order chi connectivity index (χ0) is 11.3. The lowest BCUT2D eigenvalue weighted by Crippen LogP contribution is -2.38. The van der Waals surface area contributed by atoms with Gasteiger partial charge in [-0.25, -0.2) is 0 Å². The zero-order valence-corrected chi connectivity index (χ0v) is 10.9. The number of hydrogen-bond donors (Lipinski definition) is 2. The van der Waals surface area contributed by atoms with Crippen LogP contribution in [-0.4, -0.2) is 26.2 Å². The molecule has 1 aliphatic rings. The molecule has 1 saturated heterocycles. The Morgan fingerprint density at radius 2 is 2.07 bits per heavy atom. The Kier molecular flexibility index (Phi) is 5.07. The first-order valence-electron chi connectivity index (χ1n) is 6.51. The molecule has 15 heavy (non-hydrogen) atoms. The maximum Gasteiger partial charge on any atom is 0.00205 e. The largest absolute Gasteiger partial charge is 0.316 e. The molecule has 90 valence electrons. The van der Waals surface area contributed by atoms with Gasteiger partial charge in [0.05, 0.1) is 0 Å². The molecular formula is C13H28N2. The van der Waals surface area contributed by atoms with Crippen LogP contribution in [0, 0.1) is 17.3 Å². The van der Waals surface area contributed by atoms with Gasteiger partial charge < -0.3 is 10.6 Å². The van der Waals surface area contributed by atoms with Gasteiger partial charge in [0.15, 0.2) is 0 Å². The molecule has 2 N–H and O–H groups in total. The van der Waals surface area contributed by atoms with Gasteiger partial charge in [-0.3, -0.25) is 0 Å². The van der Waals surface area contributed by atoms with Crippen molar-refractivity contribution < 1.29 is 0 Å². The summed E-state index contributed by atoms with van der Waals surface area (Å²) in [7, 11) is 0. The van der Waals surface area contributed by atoms with E-state index in [0.29, 0.717) is 5.41 Å². The third-order valence-electron chi connectivity index (χ3n) is 4.19. The first-order chi connectivity index (χ1) is 7.09. The van der Waals surface area contributed by atoms with E-state index in [-0.39, 0.29) is 0 Å². The molecule has 0 bridgehead atoms. The van der Waals surface area contributed by atoms with Crippen molar-refractivity contribution in [1.82, 2.24) is 10.6 Å². The molecule has 2 heteroatoms. The minimum atomic E-state index is 0.538. The highest BCUT2D eigenvalue weighted by Gasteiger charge is 2.31.